The van der Waals surface area contributed by atoms with Crippen LogP contribution in [0.1, 0.15) is 41.5 Å². The molecule has 1 unspecified atom stereocenters. The lowest BCUT2D eigenvalue weighted by molar-refractivity contribution is -0.317. The minimum atomic E-state index is -2.20. The van der Waals surface area contributed by atoms with Gasteiger partial charge in [-0.25, -0.2) is 0 Å². The number of hydrogen-bond donors (Lipinski definition) is 0. The molecule has 0 spiro atoms. The van der Waals surface area contributed by atoms with Gasteiger partial charge in [-0.05, 0) is 41.5 Å². The van der Waals surface area contributed by atoms with Crippen molar-refractivity contribution in [2.24, 2.45) is 0 Å². The average molecular weight is 271 g/mol. The zero-order valence-corrected chi connectivity index (χ0v) is 13.1. The molecule has 6 heteroatoms. The fraction of sp³-hybridized carbons (Fsp3) is 1.00. The maximum absolute atomic E-state index is 5.85. The second-order valence-corrected chi connectivity index (χ2v) is 7.76. The molecule has 0 N–H and O–H groups in total. The van der Waals surface area contributed by atoms with Gasteiger partial charge in [0, 0.05) is 7.11 Å². The second-order valence-electron chi connectivity index (χ2n) is 5.40. The van der Waals surface area contributed by atoms with Crippen LogP contribution < -0.4 is 0 Å². The van der Waals surface area contributed by atoms with Crippen molar-refractivity contribution < 1.29 is 18.3 Å². The summed E-state index contributed by atoms with van der Waals surface area (Å²) < 4.78 is 21.5. The molecule has 0 bridgehead atoms. The Morgan fingerprint density at radius 3 is 1.56 bits per heavy atom. The van der Waals surface area contributed by atoms with E-state index in [2.05, 4.69) is 0 Å². The van der Waals surface area contributed by atoms with Crippen LogP contribution >= 0.6 is 11.1 Å². The molecule has 0 heterocycles. The van der Waals surface area contributed by atoms with Crippen molar-refractivity contribution in [3.8, 4) is 0 Å². The van der Waals surface area contributed by atoms with E-state index in [0.717, 1.165) is 0 Å². The molecule has 0 fully saturated rings. The largest absolute Gasteiger partial charge is 0.429 e. The Bertz CT molecular complexity index is 184. The molecule has 0 aliphatic carbocycles. The molecular weight excluding hydrogens is 248 g/mol. The summed E-state index contributed by atoms with van der Waals surface area (Å²) in [6.07, 6.45) is 0. The van der Waals surface area contributed by atoms with E-state index in [1.54, 1.807) is 0 Å². The third-order valence-electron chi connectivity index (χ3n) is 1.30. The Kier molecular flexibility index (Phi) is 6.46. The van der Waals surface area contributed by atoms with Crippen molar-refractivity contribution >= 4 is 19.7 Å². The van der Waals surface area contributed by atoms with Crippen LogP contribution in [0, 0.1) is 0 Å². The summed E-state index contributed by atoms with van der Waals surface area (Å²) in [5, 5.41) is 0. The Morgan fingerprint density at radius 1 is 0.938 bits per heavy atom. The lowest BCUT2D eigenvalue weighted by Gasteiger charge is -2.32. The highest BCUT2D eigenvalue weighted by molar-refractivity contribution is 6.99. The molecule has 0 amide bonds. The third-order valence-corrected chi connectivity index (χ3v) is 2.95. The van der Waals surface area contributed by atoms with Crippen molar-refractivity contribution in [2.45, 2.75) is 59.2 Å². The highest BCUT2D eigenvalue weighted by Gasteiger charge is 2.27. The van der Waals surface area contributed by atoms with Crippen LogP contribution in [0.4, 0.5) is 0 Å². The molecule has 0 radical (unpaired) electrons. The maximum Gasteiger partial charge on any atom is 0.429 e. The van der Waals surface area contributed by atoms with E-state index in [1.165, 1.54) is 7.11 Å². The smallest absolute Gasteiger partial charge is 0.389 e. The summed E-state index contributed by atoms with van der Waals surface area (Å²) in [7, 11) is -0.687. The number of rotatable bonds is 5. The van der Waals surface area contributed by atoms with Gasteiger partial charge >= 0.3 is 8.59 Å². The average Bonchev–Trinajstić information content (AvgIpc) is 1.97. The minimum absolute atomic E-state index is 0.366. The molecule has 0 aliphatic heterocycles. The van der Waals surface area contributed by atoms with Gasteiger partial charge in [0.05, 0.1) is 11.2 Å². The Hall–Kier alpha value is 0.347. The van der Waals surface area contributed by atoms with Gasteiger partial charge in [-0.2, -0.15) is 0 Å². The van der Waals surface area contributed by atoms with E-state index in [9.17, 15) is 0 Å². The summed E-state index contributed by atoms with van der Waals surface area (Å²) in [6.45, 7) is 10.7. The van der Waals surface area contributed by atoms with E-state index in [4.69, 9.17) is 29.4 Å². The summed E-state index contributed by atoms with van der Waals surface area (Å²) in [5.74, 6) is 0. The van der Waals surface area contributed by atoms with Crippen LogP contribution in [-0.2, 0) is 18.3 Å². The molecular formula is C10H23ClO4Si. The van der Waals surface area contributed by atoms with E-state index >= 15 is 0 Å². The van der Waals surface area contributed by atoms with Gasteiger partial charge in [0.2, 0.25) is 0 Å². The normalized spacial score (nSPS) is 15.6. The zero-order chi connectivity index (χ0) is 13.0. The maximum atomic E-state index is 5.85. The Balaban J connectivity index is 4.39. The van der Waals surface area contributed by atoms with Crippen molar-refractivity contribution in [3.63, 3.8) is 0 Å². The van der Waals surface area contributed by atoms with Crippen LogP contribution in [0.15, 0.2) is 0 Å². The first-order valence-corrected chi connectivity index (χ1v) is 7.90. The van der Waals surface area contributed by atoms with Gasteiger partial charge in [-0.3, -0.25) is 0 Å². The molecule has 0 saturated heterocycles. The van der Waals surface area contributed by atoms with Crippen LogP contribution in [0.25, 0.3) is 0 Å². The first-order chi connectivity index (χ1) is 7.03. The monoisotopic (exact) mass is 270 g/mol. The standard InChI is InChI=1S/C10H23ClO4Si/c1-9(2,3)13-8(14-10(4,5)6)15-16(11)12-7/h8,16H,1-7H3. The van der Waals surface area contributed by atoms with E-state index in [0.29, 0.717) is 0 Å². The fourth-order valence-corrected chi connectivity index (χ4v) is 1.45. The highest BCUT2D eigenvalue weighted by Crippen LogP contribution is 2.19. The molecule has 0 saturated carbocycles. The lowest BCUT2D eigenvalue weighted by Crippen LogP contribution is -2.39. The van der Waals surface area contributed by atoms with Crippen LogP contribution in [0.3, 0.4) is 0 Å². The SMILES string of the molecule is CO[SiH](Cl)OC(OC(C)(C)C)OC(C)(C)C. The van der Waals surface area contributed by atoms with E-state index in [-0.39, 0.29) is 11.2 Å². The molecule has 4 nitrogen and oxygen atoms in total. The predicted molar refractivity (Wildman–Crippen MR) is 66.6 cm³/mol. The summed E-state index contributed by atoms with van der Waals surface area (Å²) in [5.41, 5.74) is -0.733. The van der Waals surface area contributed by atoms with E-state index in [1.807, 2.05) is 41.5 Å². The Labute approximate surface area is 105 Å². The van der Waals surface area contributed by atoms with Crippen LogP contribution in [-0.4, -0.2) is 33.4 Å². The summed E-state index contributed by atoms with van der Waals surface area (Å²) in [4.78, 5) is 0. The van der Waals surface area contributed by atoms with Crippen molar-refractivity contribution in [1.29, 1.82) is 0 Å². The fourth-order valence-electron chi connectivity index (χ4n) is 0.800. The summed E-state index contributed by atoms with van der Waals surface area (Å²) in [6, 6.07) is 0. The van der Waals surface area contributed by atoms with Gasteiger partial charge in [0.25, 0.3) is 6.48 Å². The quantitative estimate of drug-likeness (QED) is 0.437. The molecule has 0 aromatic heterocycles. The van der Waals surface area contributed by atoms with Gasteiger partial charge in [-0.15, -0.1) is 11.1 Å². The number of hydrogen-bond acceptors (Lipinski definition) is 4. The molecule has 0 aliphatic rings. The van der Waals surface area contributed by atoms with Gasteiger partial charge in [0.15, 0.2) is 0 Å². The van der Waals surface area contributed by atoms with Gasteiger partial charge < -0.3 is 18.3 Å². The van der Waals surface area contributed by atoms with Crippen LogP contribution in [0.2, 0.25) is 0 Å². The van der Waals surface area contributed by atoms with E-state index < -0.39 is 15.1 Å². The Morgan fingerprint density at radius 2 is 1.31 bits per heavy atom. The minimum Gasteiger partial charge on any atom is -0.389 e. The topological polar surface area (TPSA) is 36.9 Å². The first kappa shape index (κ1) is 16.3. The molecule has 0 rings (SSSR count). The number of halogens is 1. The van der Waals surface area contributed by atoms with Crippen molar-refractivity contribution in [2.75, 3.05) is 7.11 Å². The third kappa shape index (κ3) is 9.56. The molecule has 1 atom stereocenters. The molecule has 16 heavy (non-hydrogen) atoms. The molecule has 98 valence electrons. The van der Waals surface area contributed by atoms with Crippen molar-refractivity contribution in [1.82, 2.24) is 0 Å². The zero-order valence-electron chi connectivity index (χ0n) is 11.2. The highest BCUT2D eigenvalue weighted by atomic mass is 35.6. The molecule has 0 aromatic carbocycles. The van der Waals surface area contributed by atoms with Gasteiger partial charge in [-0.1, -0.05) is 0 Å². The van der Waals surface area contributed by atoms with Gasteiger partial charge in [0.1, 0.15) is 0 Å². The predicted octanol–water partition coefficient (Wildman–Crippen LogP) is 2.52. The first-order valence-electron chi connectivity index (χ1n) is 5.21. The number of ether oxygens (including phenoxy) is 2. The molecule has 0 aromatic rings. The van der Waals surface area contributed by atoms with Crippen molar-refractivity contribution in [3.05, 3.63) is 0 Å². The van der Waals surface area contributed by atoms with Crippen LogP contribution in [0.5, 0.6) is 0 Å². The second kappa shape index (κ2) is 6.33. The lowest BCUT2D eigenvalue weighted by atomic mass is 10.2. The summed E-state index contributed by atoms with van der Waals surface area (Å²) >= 11 is 5.85.